The first-order valence-electron chi connectivity index (χ1n) is 8.13. The van der Waals surface area contributed by atoms with E-state index < -0.39 is 10.0 Å². The number of carbonyl (C=O) groups is 1. The van der Waals surface area contributed by atoms with Crippen LogP contribution < -0.4 is 5.32 Å². The van der Waals surface area contributed by atoms with Gasteiger partial charge in [0.15, 0.2) is 0 Å². The van der Waals surface area contributed by atoms with Gasteiger partial charge in [-0.2, -0.15) is 4.31 Å². The Morgan fingerprint density at radius 1 is 1.20 bits per heavy atom. The van der Waals surface area contributed by atoms with Gasteiger partial charge in [-0.3, -0.25) is 4.79 Å². The summed E-state index contributed by atoms with van der Waals surface area (Å²) in [4.78, 5) is 12.1. The molecule has 0 saturated heterocycles. The Labute approximate surface area is 148 Å². The molecule has 2 aromatic rings. The van der Waals surface area contributed by atoms with E-state index in [1.165, 1.54) is 16.1 Å². The predicted molar refractivity (Wildman–Crippen MR) is 97.7 cm³/mol. The van der Waals surface area contributed by atoms with Crippen molar-refractivity contribution in [2.75, 3.05) is 18.1 Å². The van der Waals surface area contributed by atoms with E-state index >= 15 is 0 Å². The lowest BCUT2D eigenvalue weighted by atomic mass is 10.0. The summed E-state index contributed by atoms with van der Waals surface area (Å²) in [7, 11) is -3.43. The minimum Gasteiger partial charge on any atom is -0.468 e. The quantitative estimate of drug-likeness (QED) is 0.780. The molecule has 1 amide bonds. The number of rotatable bonds is 8. The van der Waals surface area contributed by atoms with Crippen LogP contribution in [0.25, 0.3) is 0 Å². The van der Waals surface area contributed by atoms with Crippen LogP contribution in [-0.4, -0.2) is 31.4 Å². The molecule has 25 heavy (non-hydrogen) atoms. The predicted octanol–water partition coefficient (Wildman–Crippen LogP) is 3.19. The Morgan fingerprint density at radius 2 is 1.88 bits per heavy atom. The van der Waals surface area contributed by atoms with Gasteiger partial charge in [-0.05, 0) is 35.7 Å². The van der Waals surface area contributed by atoms with Crippen molar-refractivity contribution in [3.05, 3.63) is 54.0 Å². The first-order valence-corrected chi connectivity index (χ1v) is 9.98. The van der Waals surface area contributed by atoms with Crippen molar-refractivity contribution in [2.24, 2.45) is 0 Å². The molecule has 1 aromatic carbocycles. The van der Waals surface area contributed by atoms with E-state index in [0.29, 0.717) is 17.4 Å². The monoisotopic (exact) mass is 364 g/mol. The number of hydrogen-bond donors (Lipinski definition) is 1. The molecule has 0 aliphatic heterocycles. The molecule has 0 spiro atoms. The third-order valence-electron chi connectivity index (χ3n) is 3.83. The number of benzene rings is 1. The molecule has 6 nitrogen and oxygen atoms in total. The number of nitrogens with zero attached hydrogens (tertiary/aromatic N) is 1. The molecule has 2 rings (SSSR count). The lowest BCUT2D eigenvalue weighted by Gasteiger charge is -2.18. The van der Waals surface area contributed by atoms with Crippen molar-refractivity contribution >= 4 is 21.6 Å². The third kappa shape index (κ3) is 6.03. The molecule has 0 fully saturated rings. The fraction of sp³-hybridized carbons (Fsp3) is 0.389. The molecule has 1 heterocycles. The van der Waals surface area contributed by atoms with Gasteiger partial charge in [-0.15, -0.1) is 0 Å². The lowest BCUT2D eigenvalue weighted by Crippen LogP contribution is -2.32. The molecule has 1 aromatic heterocycles. The summed E-state index contributed by atoms with van der Waals surface area (Å²) in [5, 5.41) is 2.79. The number of nitrogens with one attached hydrogen (secondary N) is 1. The molecule has 7 heteroatoms. The second-order valence-electron chi connectivity index (χ2n) is 6.25. The topological polar surface area (TPSA) is 79.6 Å². The fourth-order valence-electron chi connectivity index (χ4n) is 2.34. The molecule has 0 radical (unpaired) electrons. The first-order chi connectivity index (χ1) is 11.8. The number of carbonyl (C=O) groups excluding carboxylic acids is 1. The average molecular weight is 364 g/mol. The van der Waals surface area contributed by atoms with Crippen LogP contribution >= 0.6 is 0 Å². The molecule has 0 aliphatic rings. The summed E-state index contributed by atoms with van der Waals surface area (Å²) in [6, 6.07) is 11.0. The molecule has 0 aliphatic carbocycles. The maximum atomic E-state index is 12.1. The van der Waals surface area contributed by atoms with Crippen LogP contribution in [0.1, 0.15) is 37.5 Å². The highest BCUT2D eigenvalue weighted by atomic mass is 32.2. The summed E-state index contributed by atoms with van der Waals surface area (Å²) in [6.07, 6.45) is 2.68. The zero-order valence-electron chi connectivity index (χ0n) is 14.7. The molecule has 0 saturated carbocycles. The average Bonchev–Trinajstić information content (AvgIpc) is 3.04. The van der Waals surface area contributed by atoms with E-state index in [2.05, 4.69) is 19.2 Å². The standard InChI is InChI=1S/C18H24N2O4S/c1-14(2)15-6-8-16(9-7-15)19-18(21)10-11-20(25(3,22)23)13-17-5-4-12-24-17/h4-9,12,14H,10-11,13H2,1-3H3,(H,19,21). The highest BCUT2D eigenvalue weighted by Crippen LogP contribution is 2.17. The molecule has 0 bridgehead atoms. The van der Waals surface area contributed by atoms with Crippen LogP contribution in [-0.2, 0) is 21.4 Å². The smallest absolute Gasteiger partial charge is 0.225 e. The third-order valence-corrected chi connectivity index (χ3v) is 5.08. The summed E-state index contributed by atoms with van der Waals surface area (Å²) < 4.78 is 30.2. The molecule has 136 valence electrons. The number of sulfonamides is 1. The minimum absolute atomic E-state index is 0.0692. The van der Waals surface area contributed by atoms with Crippen molar-refractivity contribution in [2.45, 2.75) is 32.7 Å². The maximum Gasteiger partial charge on any atom is 0.225 e. The Kier molecular flexibility index (Phi) is 6.39. The Balaban J connectivity index is 1.92. The van der Waals surface area contributed by atoms with Crippen LogP contribution in [0, 0.1) is 0 Å². The van der Waals surface area contributed by atoms with Crippen LogP contribution in [0.4, 0.5) is 5.69 Å². The van der Waals surface area contributed by atoms with Gasteiger partial charge in [0.05, 0.1) is 19.1 Å². The van der Waals surface area contributed by atoms with Gasteiger partial charge >= 0.3 is 0 Å². The van der Waals surface area contributed by atoms with E-state index in [-0.39, 0.29) is 25.4 Å². The van der Waals surface area contributed by atoms with Gasteiger partial charge < -0.3 is 9.73 Å². The second kappa shape index (κ2) is 8.31. The van der Waals surface area contributed by atoms with Gasteiger partial charge in [0.2, 0.25) is 15.9 Å². The van der Waals surface area contributed by atoms with Gasteiger partial charge in [0, 0.05) is 18.7 Å². The van der Waals surface area contributed by atoms with E-state index in [1.54, 1.807) is 12.1 Å². The number of furan rings is 1. The zero-order chi connectivity index (χ0) is 18.4. The second-order valence-corrected chi connectivity index (χ2v) is 8.23. The summed E-state index contributed by atoms with van der Waals surface area (Å²) >= 11 is 0. The zero-order valence-corrected chi connectivity index (χ0v) is 15.5. The summed E-state index contributed by atoms with van der Waals surface area (Å²) in [5.41, 5.74) is 1.89. The molecule has 0 atom stereocenters. The van der Waals surface area contributed by atoms with Crippen molar-refractivity contribution < 1.29 is 17.6 Å². The van der Waals surface area contributed by atoms with Crippen LogP contribution in [0.15, 0.2) is 47.1 Å². The van der Waals surface area contributed by atoms with E-state index in [9.17, 15) is 13.2 Å². The number of amides is 1. The Hall–Kier alpha value is -2.12. The Bertz CT molecular complexity index is 781. The number of anilines is 1. The van der Waals surface area contributed by atoms with E-state index in [1.807, 2.05) is 24.3 Å². The van der Waals surface area contributed by atoms with Crippen molar-refractivity contribution in [1.29, 1.82) is 0 Å². The first kappa shape index (κ1) is 19.2. The summed E-state index contributed by atoms with van der Waals surface area (Å²) in [6.45, 7) is 4.41. The fourth-order valence-corrected chi connectivity index (χ4v) is 3.12. The number of hydrogen-bond acceptors (Lipinski definition) is 4. The van der Waals surface area contributed by atoms with Gasteiger partial charge in [0.1, 0.15) is 5.76 Å². The minimum atomic E-state index is -3.43. The summed E-state index contributed by atoms with van der Waals surface area (Å²) in [5.74, 6) is 0.732. The van der Waals surface area contributed by atoms with Gasteiger partial charge in [-0.1, -0.05) is 26.0 Å². The normalized spacial score (nSPS) is 11.9. The molecular formula is C18H24N2O4S. The van der Waals surface area contributed by atoms with Crippen LogP contribution in [0.5, 0.6) is 0 Å². The van der Waals surface area contributed by atoms with Gasteiger partial charge in [0.25, 0.3) is 0 Å². The van der Waals surface area contributed by atoms with Crippen molar-refractivity contribution in [3.8, 4) is 0 Å². The van der Waals surface area contributed by atoms with E-state index in [0.717, 1.165) is 6.26 Å². The molecule has 0 unspecified atom stereocenters. The molecule has 1 N–H and O–H groups in total. The van der Waals surface area contributed by atoms with Crippen LogP contribution in [0.2, 0.25) is 0 Å². The Morgan fingerprint density at radius 3 is 2.40 bits per heavy atom. The SMILES string of the molecule is CC(C)c1ccc(NC(=O)CCN(Cc2ccco2)S(C)(=O)=O)cc1. The van der Waals surface area contributed by atoms with E-state index in [4.69, 9.17) is 4.42 Å². The van der Waals surface area contributed by atoms with Gasteiger partial charge in [-0.25, -0.2) is 8.42 Å². The highest BCUT2D eigenvalue weighted by molar-refractivity contribution is 7.88. The maximum absolute atomic E-state index is 12.1. The lowest BCUT2D eigenvalue weighted by molar-refractivity contribution is -0.116. The van der Waals surface area contributed by atoms with Crippen molar-refractivity contribution in [1.82, 2.24) is 4.31 Å². The largest absolute Gasteiger partial charge is 0.468 e. The van der Waals surface area contributed by atoms with Crippen LogP contribution in [0.3, 0.4) is 0 Å². The highest BCUT2D eigenvalue weighted by Gasteiger charge is 2.19. The van der Waals surface area contributed by atoms with Crippen molar-refractivity contribution in [3.63, 3.8) is 0 Å². The molecular weight excluding hydrogens is 340 g/mol.